The van der Waals surface area contributed by atoms with Gasteiger partial charge in [-0.1, -0.05) is 6.07 Å². The minimum Gasteiger partial charge on any atom is -0.493 e. The van der Waals surface area contributed by atoms with Crippen LogP contribution >= 0.6 is 0 Å². The Hall–Kier alpha value is -1.55. The van der Waals surface area contributed by atoms with Crippen LogP contribution in [0.3, 0.4) is 0 Å². The first-order valence-corrected chi connectivity index (χ1v) is 6.21. The van der Waals surface area contributed by atoms with Crippen molar-refractivity contribution in [3.05, 3.63) is 29.3 Å². The molecule has 0 spiro atoms. The maximum Gasteiger partial charge on any atom is 0.308 e. The molecule has 4 heteroatoms. The summed E-state index contributed by atoms with van der Waals surface area (Å²) in [5.74, 6) is 0.468. The predicted octanol–water partition coefficient (Wildman–Crippen LogP) is 2.00. The zero-order valence-electron chi connectivity index (χ0n) is 10.5. The maximum absolute atomic E-state index is 10.9. The number of rotatable bonds is 4. The molecular formula is C14H18O4. The fraction of sp³-hybridized carbons (Fsp3) is 0.500. The highest BCUT2D eigenvalue weighted by Crippen LogP contribution is 2.31. The fourth-order valence-electron chi connectivity index (χ4n) is 2.21. The number of hydrogen-bond donors (Lipinski definition) is 1. The number of benzene rings is 1. The molecule has 0 saturated heterocycles. The zero-order chi connectivity index (χ0) is 13.0. The lowest BCUT2D eigenvalue weighted by molar-refractivity contribution is -0.141. The van der Waals surface area contributed by atoms with Crippen LogP contribution in [0.15, 0.2) is 18.2 Å². The van der Waals surface area contributed by atoms with Crippen molar-refractivity contribution in [2.24, 2.45) is 0 Å². The van der Waals surface area contributed by atoms with Gasteiger partial charge in [0.1, 0.15) is 5.75 Å². The van der Waals surface area contributed by atoms with Crippen molar-refractivity contribution in [2.45, 2.75) is 31.8 Å². The molecule has 0 amide bonds. The van der Waals surface area contributed by atoms with E-state index in [4.69, 9.17) is 4.74 Å². The Balaban J connectivity index is 1.96. The molecule has 0 heterocycles. The molecule has 1 aliphatic rings. The monoisotopic (exact) mass is 250 g/mol. The van der Waals surface area contributed by atoms with Crippen LogP contribution in [0, 0.1) is 0 Å². The van der Waals surface area contributed by atoms with Crippen molar-refractivity contribution in [3.8, 4) is 5.75 Å². The quantitative estimate of drug-likeness (QED) is 0.830. The average Bonchev–Trinajstić information content (AvgIpc) is 2.38. The standard InChI is InChI=1S/C14H18O4/c1-17-14(16)7-8-18-11-5-6-12-10(9-11)3-2-4-13(12)15/h5-6,9,13,15H,2-4,7-8H2,1H3. The number of esters is 1. The van der Waals surface area contributed by atoms with Crippen molar-refractivity contribution in [2.75, 3.05) is 13.7 Å². The highest BCUT2D eigenvalue weighted by atomic mass is 16.5. The number of aryl methyl sites for hydroxylation is 1. The van der Waals surface area contributed by atoms with Crippen molar-refractivity contribution in [1.29, 1.82) is 0 Å². The first-order chi connectivity index (χ1) is 8.70. The zero-order valence-corrected chi connectivity index (χ0v) is 10.5. The lowest BCUT2D eigenvalue weighted by Crippen LogP contribution is -2.10. The first-order valence-electron chi connectivity index (χ1n) is 6.21. The van der Waals surface area contributed by atoms with E-state index in [0.717, 1.165) is 36.1 Å². The SMILES string of the molecule is COC(=O)CCOc1ccc2c(c1)CCCC2O. The van der Waals surface area contributed by atoms with Crippen molar-refractivity contribution in [1.82, 2.24) is 0 Å². The number of ether oxygens (including phenoxy) is 2. The molecule has 0 saturated carbocycles. The largest absolute Gasteiger partial charge is 0.493 e. The minimum atomic E-state index is -0.349. The van der Waals surface area contributed by atoms with E-state index in [2.05, 4.69) is 4.74 Å². The van der Waals surface area contributed by atoms with Crippen LogP contribution in [0.1, 0.15) is 36.5 Å². The van der Waals surface area contributed by atoms with Gasteiger partial charge in [0.2, 0.25) is 0 Å². The summed E-state index contributed by atoms with van der Waals surface area (Å²) in [5, 5.41) is 9.83. The van der Waals surface area contributed by atoms with E-state index < -0.39 is 0 Å². The number of carbonyl (C=O) groups is 1. The van der Waals surface area contributed by atoms with Gasteiger partial charge in [0.05, 0.1) is 26.2 Å². The highest BCUT2D eigenvalue weighted by Gasteiger charge is 2.18. The molecule has 0 radical (unpaired) electrons. The van der Waals surface area contributed by atoms with Crippen LogP contribution in [0.25, 0.3) is 0 Å². The molecule has 0 fully saturated rings. The van der Waals surface area contributed by atoms with Gasteiger partial charge in [-0.2, -0.15) is 0 Å². The lowest BCUT2D eigenvalue weighted by Gasteiger charge is -2.21. The van der Waals surface area contributed by atoms with Gasteiger partial charge in [0.25, 0.3) is 0 Å². The molecule has 2 rings (SSSR count). The Morgan fingerprint density at radius 3 is 3.11 bits per heavy atom. The van der Waals surface area contributed by atoms with E-state index in [1.54, 1.807) is 0 Å². The molecule has 0 bridgehead atoms. The number of hydrogen-bond acceptors (Lipinski definition) is 4. The summed E-state index contributed by atoms with van der Waals surface area (Å²) >= 11 is 0. The number of fused-ring (bicyclic) bond motifs is 1. The summed E-state index contributed by atoms with van der Waals surface area (Å²) in [6.07, 6.45) is 2.70. The van der Waals surface area contributed by atoms with Gasteiger partial charge >= 0.3 is 5.97 Å². The van der Waals surface area contributed by atoms with E-state index in [1.165, 1.54) is 7.11 Å². The average molecular weight is 250 g/mol. The van der Waals surface area contributed by atoms with Gasteiger partial charge in [-0.05, 0) is 42.5 Å². The van der Waals surface area contributed by atoms with Gasteiger partial charge in [-0.25, -0.2) is 0 Å². The van der Waals surface area contributed by atoms with Crippen molar-refractivity contribution < 1.29 is 19.4 Å². The van der Waals surface area contributed by atoms with Crippen LogP contribution in [0.2, 0.25) is 0 Å². The summed E-state index contributed by atoms with van der Waals surface area (Å²) < 4.78 is 10.0. The molecule has 4 nitrogen and oxygen atoms in total. The molecule has 1 aliphatic carbocycles. The second-order valence-electron chi connectivity index (χ2n) is 4.44. The van der Waals surface area contributed by atoms with Crippen LogP contribution in [0.4, 0.5) is 0 Å². The second kappa shape index (κ2) is 5.87. The number of aliphatic hydroxyl groups excluding tert-OH is 1. The minimum absolute atomic E-state index is 0.246. The Morgan fingerprint density at radius 1 is 1.50 bits per heavy atom. The van der Waals surface area contributed by atoms with E-state index in [9.17, 15) is 9.90 Å². The summed E-state index contributed by atoms with van der Waals surface area (Å²) in [6.45, 7) is 0.314. The third kappa shape index (κ3) is 3.01. The Morgan fingerprint density at radius 2 is 2.33 bits per heavy atom. The number of carbonyl (C=O) groups excluding carboxylic acids is 1. The Kier molecular flexibility index (Phi) is 4.20. The molecule has 1 aromatic rings. The molecule has 1 atom stereocenters. The third-order valence-corrected chi connectivity index (χ3v) is 3.20. The first kappa shape index (κ1) is 12.9. The van der Waals surface area contributed by atoms with Crippen LogP contribution in [-0.2, 0) is 16.0 Å². The van der Waals surface area contributed by atoms with Crippen molar-refractivity contribution >= 4 is 5.97 Å². The van der Waals surface area contributed by atoms with Gasteiger partial charge in [0, 0.05) is 0 Å². The molecule has 1 unspecified atom stereocenters. The normalized spacial score (nSPS) is 18.0. The highest BCUT2D eigenvalue weighted by molar-refractivity contribution is 5.69. The molecule has 18 heavy (non-hydrogen) atoms. The molecular weight excluding hydrogens is 232 g/mol. The van der Waals surface area contributed by atoms with E-state index in [0.29, 0.717) is 6.61 Å². The molecule has 98 valence electrons. The van der Waals surface area contributed by atoms with Crippen LogP contribution in [-0.4, -0.2) is 24.8 Å². The summed E-state index contributed by atoms with van der Waals surface area (Å²) in [7, 11) is 1.36. The molecule has 0 aliphatic heterocycles. The van der Waals surface area contributed by atoms with Crippen molar-refractivity contribution in [3.63, 3.8) is 0 Å². The Labute approximate surface area is 107 Å². The Bertz CT molecular complexity index is 428. The van der Waals surface area contributed by atoms with E-state index >= 15 is 0 Å². The second-order valence-corrected chi connectivity index (χ2v) is 4.44. The lowest BCUT2D eigenvalue weighted by atomic mass is 9.89. The van der Waals surface area contributed by atoms with Gasteiger partial charge in [-0.3, -0.25) is 4.79 Å². The van der Waals surface area contributed by atoms with Gasteiger partial charge < -0.3 is 14.6 Å². The maximum atomic E-state index is 10.9. The number of methoxy groups -OCH3 is 1. The van der Waals surface area contributed by atoms with E-state index in [-0.39, 0.29) is 18.5 Å². The summed E-state index contributed by atoms with van der Waals surface area (Å²) in [5.41, 5.74) is 2.14. The smallest absolute Gasteiger partial charge is 0.308 e. The number of aliphatic hydroxyl groups is 1. The van der Waals surface area contributed by atoms with Crippen LogP contribution < -0.4 is 4.74 Å². The fourth-order valence-corrected chi connectivity index (χ4v) is 2.21. The topological polar surface area (TPSA) is 55.8 Å². The predicted molar refractivity (Wildman–Crippen MR) is 66.5 cm³/mol. The molecule has 0 aromatic heterocycles. The van der Waals surface area contributed by atoms with Gasteiger partial charge in [0.15, 0.2) is 0 Å². The van der Waals surface area contributed by atoms with E-state index in [1.807, 2.05) is 18.2 Å². The third-order valence-electron chi connectivity index (χ3n) is 3.20. The van der Waals surface area contributed by atoms with Gasteiger partial charge in [-0.15, -0.1) is 0 Å². The summed E-state index contributed by atoms with van der Waals surface area (Å²) in [6, 6.07) is 5.70. The molecule has 1 N–H and O–H groups in total. The summed E-state index contributed by atoms with van der Waals surface area (Å²) in [4.78, 5) is 10.9. The molecule has 1 aromatic carbocycles. The van der Waals surface area contributed by atoms with Crippen LogP contribution in [0.5, 0.6) is 5.75 Å².